The third-order valence-electron chi connectivity index (χ3n) is 1.39. The van der Waals surface area contributed by atoms with Gasteiger partial charge in [-0.25, -0.2) is 9.97 Å². The summed E-state index contributed by atoms with van der Waals surface area (Å²) in [5.74, 6) is 0.674. The second-order valence-electron chi connectivity index (χ2n) is 2.38. The summed E-state index contributed by atoms with van der Waals surface area (Å²) in [6.07, 6.45) is 1.67. The molecule has 0 aromatic carbocycles. The molecule has 0 saturated carbocycles. The van der Waals surface area contributed by atoms with Crippen molar-refractivity contribution in [1.82, 2.24) is 9.97 Å². The smallest absolute Gasteiger partial charge is 0.158 e. The number of aromatic nitrogens is 2. The summed E-state index contributed by atoms with van der Waals surface area (Å²) in [4.78, 5) is 12.2. The van der Waals surface area contributed by atoms with Gasteiger partial charge in [0.1, 0.15) is 11.5 Å². The fraction of sp³-hybridized carbons (Fsp3) is 0.375. The molecule has 0 radical (unpaired) electrons. The molecule has 0 atom stereocenters. The third-order valence-corrected chi connectivity index (χ3v) is 1.65. The van der Waals surface area contributed by atoms with E-state index in [0.717, 1.165) is 5.69 Å². The van der Waals surface area contributed by atoms with Crippen molar-refractivity contribution in [2.75, 3.05) is 0 Å². The number of nitrogens with zero attached hydrogens (tertiary/aromatic N) is 3. The molecule has 3 nitrogen and oxygen atoms in total. The van der Waals surface area contributed by atoms with E-state index in [0.29, 0.717) is 16.7 Å². The van der Waals surface area contributed by atoms with Crippen molar-refractivity contribution in [3.05, 3.63) is 16.7 Å². The molecule has 1 rings (SSSR count). The molecule has 0 fully saturated rings. The molecule has 0 aliphatic carbocycles. The zero-order valence-corrected chi connectivity index (χ0v) is 8.05. The number of aryl methyl sites for hydroxylation is 2. The van der Waals surface area contributed by atoms with Gasteiger partial charge in [-0.1, -0.05) is 11.6 Å². The standard InChI is InChI=1S/C8H10ClN3/c1-4-10-7-5(2)11-6(3)12-8(7)9/h4H,1-3H3. The maximum absolute atomic E-state index is 5.85. The molecule has 0 spiro atoms. The van der Waals surface area contributed by atoms with E-state index in [9.17, 15) is 0 Å². The minimum Gasteiger partial charge on any atom is -0.256 e. The lowest BCUT2D eigenvalue weighted by Gasteiger charge is -2.01. The van der Waals surface area contributed by atoms with Crippen LogP contribution in [-0.2, 0) is 0 Å². The number of hydrogen-bond acceptors (Lipinski definition) is 3. The largest absolute Gasteiger partial charge is 0.256 e. The summed E-state index contributed by atoms with van der Waals surface area (Å²) in [6.45, 7) is 5.50. The highest BCUT2D eigenvalue weighted by molar-refractivity contribution is 6.31. The van der Waals surface area contributed by atoms with Crippen molar-refractivity contribution in [1.29, 1.82) is 0 Å². The first-order chi connectivity index (χ1) is 5.65. The molecular weight excluding hydrogens is 174 g/mol. The van der Waals surface area contributed by atoms with E-state index in [4.69, 9.17) is 11.6 Å². The first-order valence-electron chi connectivity index (χ1n) is 3.64. The molecule has 0 unspecified atom stereocenters. The Morgan fingerprint density at radius 2 is 2.00 bits per heavy atom. The van der Waals surface area contributed by atoms with Crippen LogP contribution in [0.2, 0.25) is 5.15 Å². The minimum absolute atomic E-state index is 0.415. The molecular formula is C8H10ClN3. The van der Waals surface area contributed by atoms with Crippen LogP contribution in [0, 0.1) is 13.8 Å². The van der Waals surface area contributed by atoms with Crippen molar-refractivity contribution in [2.24, 2.45) is 4.99 Å². The van der Waals surface area contributed by atoms with Gasteiger partial charge in [0.15, 0.2) is 5.15 Å². The summed E-state index contributed by atoms with van der Waals surface area (Å²) < 4.78 is 0. The van der Waals surface area contributed by atoms with E-state index in [1.807, 2.05) is 13.8 Å². The van der Waals surface area contributed by atoms with Crippen molar-refractivity contribution in [3.63, 3.8) is 0 Å². The normalized spacial score (nSPS) is 11.0. The van der Waals surface area contributed by atoms with Crippen molar-refractivity contribution < 1.29 is 0 Å². The van der Waals surface area contributed by atoms with Gasteiger partial charge in [-0.3, -0.25) is 4.99 Å². The Labute approximate surface area is 76.5 Å². The molecule has 4 heteroatoms. The molecule has 0 aliphatic heterocycles. The zero-order valence-electron chi connectivity index (χ0n) is 7.30. The van der Waals surface area contributed by atoms with E-state index in [2.05, 4.69) is 15.0 Å². The molecule has 0 aliphatic rings. The summed E-state index contributed by atoms with van der Waals surface area (Å²) >= 11 is 5.85. The second kappa shape index (κ2) is 3.63. The SMILES string of the molecule is CC=Nc1c(C)nc(C)nc1Cl. The predicted octanol–water partition coefficient (Wildman–Crippen LogP) is 2.47. The van der Waals surface area contributed by atoms with Gasteiger partial charge in [0.2, 0.25) is 0 Å². The number of aliphatic imine (C=N–C) groups is 1. The molecule has 0 bridgehead atoms. The van der Waals surface area contributed by atoms with Crippen LogP contribution in [0.4, 0.5) is 5.69 Å². The van der Waals surface area contributed by atoms with Crippen LogP contribution < -0.4 is 0 Å². The van der Waals surface area contributed by atoms with Gasteiger partial charge in [0.25, 0.3) is 0 Å². The molecule has 0 amide bonds. The highest BCUT2D eigenvalue weighted by Gasteiger charge is 2.05. The average Bonchev–Trinajstić information content (AvgIpc) is 1.96. The summed E-state index contributed by atoms with van der Waals surface area (Å²) in [5.41, 5.74) is 1.47. The van der Waals surface area contributed by atoms with Gasteiger partial charge in [-0.05, 0) is 20.8 Å². The van der Waals surface area contributed by atoms with Crippen molar-refractivity contribution >= 4 is 23.5 Å². The van der Waals surface area contributed by atoms with Crippen LogP contribution in [0.5, 0.6) is 0 Å². The molecule has 1 heterocycles. The number of hydrogen-bond donors (Lipinski definition) is 0. The van der Waals surface area contributed by atoms with Gasteiger partial charge >= 0.3 is 0 Å². The maximum Gasteiger partial charge on any atom is 0.158 e. The van der Waals surface area contributed by atoms with E-state index in [1.165, 1.54) is 0 Å². The summed E-state index contributed by atoms with van der Waals surface area (Å²) in [5, 5.41) is 0.415. The molecule has 1 aromatic rings. The highest BCUT2D eigenvalue weighted by Crippen LogP contribution is 2.24. The highest BCUT2D eigenvalue weighted by atomic mass is 35.5. The number of halogens is 1. The van der Waals surface area contributed by atoms with E-state index < -0.39 is 0 Å². The Balaban J connectivity index is 3.28. The van der Waals surface area contributed by atoms with Crippen LogP contribution >= 0.6 is 11.6 Å². The Kier molecular flexibility index (Phi) is 2.76. The van der Waals surface area contributed by atoms with Gasteiger partial charge in [0.05, 0.1) is 5.69 Å². The van der Waals surface area contributed by atoms with Crippen LogP contribution in [0.25, 0.3) is 0 Å². The van der Waals surface area contributed by atoms with E-state index >= 15 is 0 Å². The molecule has 12 heavy (non-hydrogen) atoms. The van der Waals surface area contributed by atoms with Gasteiger partial charge in [0, 0.05) is 6.21 Å². The van der Waals surface area contributed by atoms with Crippen LogP contribution in [-0.4, -0.2) is 16.2 Å². The van der Waals surface area contributed by atoms with E-state index in [-0.39, 0.29) is 0 Å². The predicted molar refractivity (Wildman–Crippen MR) is 50.3 cm³/mol. The van der Waals surface area contributed by atoms with Gasteiger partial charge in [-0.2, -0.15) is 0 Å². The second-order valence-corrected chi connectivity index (χ2v) is 2.74. The lowest BCUT2D eigenvalue weighted by molar-refractivity contribution is 1.01. The fourth-order valence-electron chi connectivity index (χ4n) is 0.941. The first kappa shape index (κ1) is 9.13. The third kappa shape index (κ3) is 1.80. The van der Waals surface area contributed by atoms with Crippen molar-refractivity contribution in [2.45, 2.75) is 20.8 Å². The monoisotopic (exact) mass is 183 g/mol. The quantitative estimate of drug-likeness (QED) is 0.496. The minimum atomic E-state index is 0.415. The Bertz CT molecular complexity index is 297. The molecule has 64 valence electrons. The fourth-order valence-corrected chi connectivity index (χ4v) is 1.25. The van der Waals surface area contributed by atoms with Gasteiger partial charge in [-0.15, -0.1) is 0 Å². The zero-order chi connectivity index (χ0) is 9.14. The maximum atomic E-state index is 5.85. The average molecular weight is 184 g/mol. The molecule has 1 aromatic heterocycles. The Morgan fingerprint density at radius 1 is 1.33 bits per heavy atom. The van der Waals surface area contributed by atoms with Crippen LogP contribution in [0.3, 0.4) is 0 Å². The lowest BCUT2D eigenvalue weighted by atomic mass is 10.4. The topological polar surface area (TPSA) is 38.1 Å². The lowest BCUT2D eigenvalue weighted by Crippen LogP contribution is -1.92. The van der Waals surface area contributed by atoms with E-state index in [1.54, 1.807) is 13.1 Å². The van der Waals surface area contributed by atoms with Crippen LogP contribution in [0.15, 0.2) is 4.99 Å². The first-order valence-corrected chi connectivity index (χ1v) is 4.02. The van der Waals surface area contributed by atoms with Crippen molar-refractivity contribution in [3.8, 4) is 0 Å². The molecule has 0 saturated heterocycles. The van der Waals surface area contributed by atoms with Gasteiger partial charge < -0.3 is 0 Å². The summed E-state index contributed by atoms with van der Waals surface area (Å²) in [6, 6.07) is 0. The summed E-state index contributed by atoms with van der Waals surface area (Å²) in [7, 11) is 0. The van der Waals surface area contributed by atoms with Crippen LogP contribution in [0.1, 0.15) is 18.4 Å². The Hall–Kier alpha value is -0.960. The number of rotatable bonds is 1. The molecule has 0 N–H and O–H groups in total. The Morgan fingerprint density at radius 3 is 2.50 bits per heavy atom.